The van der Waals surface area contributed by atoms with Crippen LogP contribution in [0.2, 0.25) is 0 Å². The normalized spacial score (nSPS) is 11.6. The average molecular weight is 369 g/mol. The Bertz CT molecular complexity index is 670. The molecule has 0 aliphatic heterocycles. The molecule has 2 aromatic carbocycles. The lowest BCUT2D eigenvalue weighted by atomic mass is 10.0. The molecule has 0 fully saturated rings. The Balaban J connectivity index is 1.77. The van der Waals surface area contributed by atoms with Gasteiger partial charge in [-0.25, -0.2) is 4.39 Å². The molecule has 0 aromatic heterocycles. The summed E-state index contributed by atoms with van der Waals surface area (Å²) in [6.07, 6.45) is 11.1. The molecule has 2 rings (SSSR count). The second kappa shape index (κ2) is 12.3. The zero-order chi connectivity index (χ0) is 19.3. The van der Waals surface area contributed by atoms with Crippen LogP contribution in [0.15, 0.2) is 54.6 Å². The van der Waals surface area contributed by atoms with Gasteiger partial charge in [0.2, 0.25) is 0 Å². The number of unbranched alkanes of at least 4 members (excludes halogenated alkanes) is 5. The Morgan fingerprint density at radius 2 is 1.48 bits per heavy atom. The predicted molar refractivity (Wildman–Crippen MR) is 114 cm³/mol. The van der Waals surface area contributed by atoms with Crippen molar-refractivity contribution in [3.05, 3.63) is 71.3 Å². The van der Waals surface area contributed by atoms with Gasteiger partial charge in [0.1, 0.15) is 18.2 Å². The Morgan fingerprint density at radius 1 is 0.815 bits per heavy atom. The van der Waals surface area contributed by atoms with Crippen LogP contribution in [-0.4, -0.2) is 0 Å². The van der Waals surface area contributed by atoms with E-state index in [1.54, 1.807) is 18.2 Å². The van der Waals surface area contributed by atoms with E-state index in [-0.39, 0.29) is 5.83 Å². The van der Waals surface area contributed by atoms with E-state index >= 15 is 0 Å². The molecule has 0 aliphatic rings. The summed E-state index contributed by atoms with van der Waals surface area (Å²) in [6.45, 7) is 4.82. The summed E-state index contributed by atoms with van der Waals surface area (Å²) >= 11 is 0. The zero-order valence-corrected chi connectivity index (χ0v) is 16.8. The van der Waals surface area contributed by atoms with Crippen LogP contribution in [0.1, 0.15) is 75.5 Å². The molecule has 0 unspecified atom stereocenters. The predicted octanol–water partition coefficient (Wildman–Crippen LogP) is 7.89. The quantitative estimate of drug-likeness (QED) is 0.346. The van der Waals surface area contributed by atoms with Crippen LogP contribution in [-0.2, 0) is 13.0 Å². The second-order valence-corrected chi connectivity index (χ2v) is 7.13. The lowest BCUT2D eigenvalue weighted by Gasteiger charge is -2.08. The summed E-state index contributed by atoms with van der Waals surface area (Å²) in [4.78, 5) is 0. The lowest BCUT2D eigenvalue weighted by molar-refractivity contribution is 0.306. The van der Waals surface area contributed by atoms with Gasteiger partial charge in [0.15, 0.2) is 0 Å². The fourth-order valence-corrected chi connectivity index (χ4v) is 3.00. The Kier molecular flexibility index (Phi) is 9.68. The van der Waals surface area contributed by atoms with E-state index in [1.807, 2.05) is 19.1 Å². The third-order valence-electron chi connectivity index (χ3n) is 4.74. The van der Waals surface area contributed by atoms with Gasteiger partial charge < -0.3 is 4.74 Å². The van der Waals surface area contributed by atoms with E-state index < -0.39 is 0 Å². The third kappa shape index (κ3) is 7.99. The van der Waals surface area contributed by atoms with Gasteiger partial charge in [-0.15, -0.1) is 0 Å². The maximum absolute atomic E-state index is 13.9. The van der Waals surface area contributed by atoms with Crippen LogP contribution in [0.25, 0.3) is 5.83 Å². The monoisotopic (exact) mass is 368 g/mol. The standard InChI is InChI=1S/C25H33FO/c1-3-5-7-8-9-10-21-12-14-22(15-13-21)20-27-24-18-16-23(17-19-24)25(26)11-6-4-2/h11-19H,3-10,20H2,1-2H3/b25-11+. The van der Waals surface area contributed by atoms with Gasteiger partial charge in [-0.3, -0.25) is 0 Å². The number of ether oxygens (including phenoxy) is 1. The fourth-order valence-electron chi connectivity index (χ4n) is 3.00. The molecule has 0 spiro atoms. The van der Waals surface area contributed by atoms with Crippen molar-refractivity contribution in [1.29, 1.82) is 0 Å². The first-order valence-electron chi connectivity index (χ1n) is 10.4. The smallest absolute Gasteiger partial charge is 0.126 e. The van der Waals surface area contributed by atoms with Gasteiger partial charge in [-0.05, 0) is 60.7 Å². The SMILES string of the molecule is CCC/C=C(/F)c1ccc(OCc2ccc(CCCCCCC)cc2)cc1. The number of aryl methyl sites for hydroxylation is 1. The molecule has 0 aliphatic carbocycles. The van der Waals surface area contributed by atoms with Gasteiger partial charge >= 0.3 is 0 Å². The van der Waals surface area contributed by atoms with Gasteiger partial charge in [-0.2, -0.15) is 0 Å². The van der Waals surface area contributed by atoms with Crippen molar-refractivity contribution < 1.29 is 9.13 Å². The van der Waals surface area contributed by atoms with Gasteiger partial charge in [-0.1, -0.05) is 70.2 Å². The number of benzene rings is 2. The Morgan fingerprint density at radius 3 is 2.15 bits per heavy atom. The first-order valence-corrected chi connectivity index (χ1v) is 10.4. The second-order valence-electron chi connectivity index (χ2n) is 7.13. The van der Waals surface area contributed by atoms with Crippen LogP contribution < -0.4 is 4.74 Å². The van der Waals surface area contributed by atoms with Crippen molar-refractivity contribution in [1.82, 2.24) is 0 Å². The molecular formula is C25H33FO. The minimum absolute atomic E-state index is 0.159. The van der Waals surface area contributed by atoms with Crippen LogP contribution in [0, 0.1) is 0 Å². The van der Waals surface area contributed by atoms with E-state index in [0.717, 1.165) is 30.6 Å². The molecule has 0 N–H and O–H groups in total. The summed E-state index contributed by atoms with van der Waals surface area (Å²) in [5.41, 5.74) is 3.16. The number of hydrogen-bond donors (Lipinski definition) is 0. The highest BCUT2D eigenvalue weighted by Gasteiger charge is 2.02. The van der Waals surface area contributed by atoms with Gasteiger partial charge in [0, 0.05) is 5.56 Å². The first kappa shape index (κ1) is 21.2. The summed E-state index contributed by atoms with van der Waals surface area (Å²) in [5, 5.41) is 0. The highest BCUT2D eigenvalue weighted by atomic mass is 19.1. The van der Waals surface area contributed by atoms with Gasteiger partial charge in [0.25, 0.3) is 0 Å². The summed E-state index contributed by atoms with van der Waals surface area (Å²) < 4.78 is 19.7. The molecule has 2 aromatic rings. The first-order chi connectivity index (χ1) is 13.2. The zero-order valence-electron chi connectivity index (χ0n) is 16.8. The van der Waals surface area contributed by atoms with Crippen LogP contribution in [0.4, 0.5) is 4.39 Å². The summed E-state index contributed by atoms with van der Waals surface area (Å²) in [6, 6.07) is 15.9. The Hall–Kier alpha value is -2.09. The van der Waals surface area contributed by atoms with Crippen LogP contribution in [0.3, 0.4) is 0 Å². The van der Waals surface area contributed by atoms with Crippen molar-refractivity contribution in [2.45, 2.75) is 71.8 Å². The highest BCUT2D eigenvalue weighted by Crippen LogP contribution is 2.21. The topological polar surface area (TPSA) is 9.23 Å². The molecular weight excluding hydrogens is 335 g/mol. The molecule has 0 atom stereocenters. The van der Waals surface area contributed by atoms with E-state index in [9.17, 15) is 4.39 Å². The number of halogens is 1. The van der Waals surface area contributed by atoms with Crippen molar-refractivity contribution in [2.24, 2.45) is 0 Å². The van der Waals surface area contributed by atoms with E-state index in [4.69, 9.17) is 4.74 Å². The van der Waals surface area contributed by atoms with E-state index in [1.165, 1.54) is 37.7 Å². The summed E-state index contributed by atoms with van der Waals surface area (Å²) in [7, 11) is 0. The summed E-state index contributed by atoms with van der Waals surface area (Å²) in [5.74, 6) is 0.607. The minimum Gasteiger partial charge on any atom is -0.489 e. The molecule has 2 heteroatoms. The highest BCUT2D eigenvalue weighted by molar-refractivity contribution is 5.59. The van der Waals surface area contributed by atoms with Crippen LogP contribution in [0.5, 0.6) is 5.75 Å². The Labute approximate surface area is 164 Å². The number of allylic oxidation sites excluding steroid dienone is 1. The maximum atomic E-state index is 13.9. The fraction of sp³-hybridized carbons (Fsp3) is 0.440. The van der Waals surface area contributed by atoms with E-state index in [2.05, 4.69) is 31.2 Å². The minimum atomic E-state index is -0.159. The molecule has 1 nitrogen and oxygen atoms in total. The molecule has 0 bridgehead atoms. The largest absolute Gasteiger partial charge is 0.489 e. The lowest BCUT2D eigenvalue weighted by Crippen LogP contribution is -1.96. The average Bonchev–Trinajstić information content (AvgIpc) is 2.71. The number of hydrogen-bond acceptors (Lipinski definition) is 1. The van der Waals surface area contributed by atoms with Crippen molar-refractivity contribution in [3.63, 3.8) is 0 Å². The van der Waals surface area contributed by atoms with Crippen molar-refractivity contribution >= 4 is 5.83 Å². The van der Waals surface area contributed by atoms with Crippen molar-refractivity contribution in [2.75, 3.05) is 0 Å². The van der Waals surface area contributed by atoms with Gasteiger partial charge in [0.05, 0.1) is 0 Å². The third-order valence-corrected chi connectivity index (χ3v) is 4.74. The molecule has 0 radical (unpaired) electrons. The van der Waals surface area contributed by atoms with Crippen molar-refractivity contribution in [3.8, 4) is 5.75 Å². The number of rotatable bonds is 12. The molecule has 146 valence electrons. The molecule has 0 heterocycles. The van der Waals surface area contributed by atoms with Crippen LogP contribution >= 0.6 is 0 Å². The molecule has 0 amide bonds. The maximum Gasteiger partial charge on any atom is 0.126 e. The van der Waals surface area contributed by atoms with E-state index in [0.29, 0.717) is 12.2 Å². The molecule has 27 heavy (non-hydrogen) atoms. The molecule has 0 saturated carbocycles. The molecule has 0 saturated heterocycles.